The number of halogens is 1. The zero-order chi connectivity index (χ0) is 14.9. The Bertz CT molecular complexity index is 737. The molecule has 1 aromatic heterocycles. The molecule has 0 unspecified atom stereocenters. The van der Waals surface area contributed by atoms with Crippen molar-refractivity contribution >= 4 is 34.6 Å². The summed E-state index contributed by atoms with van der Waals surface area (Å²) in [5.74, 6) is 1.65. The van der Waals surface area contributed by atoms with Gasteiger partial charge in [0.05, 0.1) is 22.0 Å². The second-order valence-corrected chi connectivity index (χ2v) is 5.74. The highest BCUT2D eigenvalue weighted by atomic mass is 35.5. The van der Waals surface area contributed by atoms with E-state index >= 15 is 0 Å². The summed E-state index contributed by atoms with van der Waals surface area (Å²) < 4.78 is 0. The molecule has 5 nitrogen and oxygen atoms in total. The van der Waals surface area contributed by atoms with Gasteiger partial charge in [-0.3, -0.25) is 0 Å². The van der Waals surface area contributed by atoms with Crippen molar-refractivity contribution in [2.45, 2.75) is 0 Å². The molecule has 2 N–H and O–H groups in total. The highest BCUT2D eigenvalue weighted by Gasteiger charge is 2.25. The number of nitrogens with zero attached hydrogens (tertiary/aromatic N) is 3. The van der Waals surface area contributed by atoms with Crippen LogP contribution in [0.25, 0.3) is 0 Å². The van der Waals surface area contributed by atoms with Crippen molar-refractivity contribution in [2.24, 2.45) is 4.99 Å². The van der Waals surface area contributed by atoms with Crippen LogP contribution in [-0.2, 0) is 0 Å². The van der Waals surface area contributed by atoms with Gasteiger partial charge in [-0.1, -0.05) is 23.7 Å². The van der Waals surface area contributed by atoms with Gasteiger partial charge < -0.3 is 15.5 Å². The van der Waals surface area contributed by atoms with Crippen LogP contribution in [0, 0.1) is 0 Å². The number of benzene rings is 1. The number of aliphatic imine (C=N–C) groups is 1. The van der Waals surface area contributed by atoms with E-state index in [1.165, 1.54) is 0 Å². The van der Waals surface area contributed by atoms with Crippen molar-refractivity contribution in [2.75, 3.05) is 31.5 Å². The molecule has 6 heteroatoms. The van der Waals surface area contributed by atoms with Crippen LogP contribution in [-0.4, -0.2) is 41.9 Å². The Balaban J connectivity index is 1.91. The van der Waals surface area contributed by atoms with Crippen molar-refractivity contribution in [1.29, 1.82) is 0 Å². The summed E-state index contributed by atoms with van der Waals surface area (Å²) in [5, 5.41) is 7.40. The lowest BCUT2D eigenvalue weighted by molar-refractivity contribution is 0.358. The molecule has 0 bridgehead atoms. The van der Waals surface area contributed by atoms with Crippen LogP contribution in [0.4, 0.5) is 17.2 Å². The number of anilines is 2. The molecule has 1 saturated heterocycles. The third-order valence-corrected chi connectivity index (χ3v) is 4.24. The largest absolute Gasteiger partial charge is 0.353 e. The second-order valence-electron chi connectivity index (χ2n) is 5.33. The Hall–Kier alpha value is -2.11. The standard InChI is InChI=1S/C16H16ClN5/c17-11-5-6-19-15-14(11)16(22-9-7-18-8-10-22)21-13-4-2-1-3-12(13)20-15/h1-6,18H,7-10H2,(H,19,20). The van der Waals surface area contributed by atoms with Crippen LogP contribution < -0.4 is 10.6 Å². The van der Waals surface area contributed by atoms with E-state index in [1.54, 1.807) is 6.20 Å². The minimum absolute atomic E-state index is 0.669. The first kappa shape index (κ1) is 13.5. The Labute approximate surface area is 134 Å². The molecule has 2 aliphatic rings. The predicted octanol–water partition coefficient (Wildman–Crippen LogP) is 2.78. The molecule has 2 aliphatic heterocycles. The fourth-order valence-corrected chi connectivity index (χ4v) is 3.06. The van der Waals surface area contributed by atoms with E-state index in [0.717, 1.165) is 54.8 Å². The number of piperazine rings is 1. The molecule has 4 rings (SSSR count). The molecule has 0 atom stereocenters. The fraction of sp³-hybridized carbons (Fsp3) is 0.250. The van der Waals surface area contributed by atoms with E-state index in [2.05, 4.69) is 20.5 Å². The number of hydrogen-bond acceptors (Lipinski definition) is 5. The zero-order valence-corrected chi connectivity index (χ0v) is 12.8. The van der Waals surface area contributed by atoms with Crippen molar-refractivity contribution in [1.82, 2.24) is 15.2 Å². The van der Waals surface area contributed by atoms with Gasteiger partial charge in [0.1, 0.15) is 11.7 Å². The minimum atomic E-state index is 0.669. The maximum atomic E-state index is 6.47. The van der Waals surface area contributed by atoms with Crippen molar-refractivity contribution < 1.29 is 0 Å². The van der Waals surface area contributed by atoms with Crippen LogP contribution in [0.15, 0.2) is 41.5 Å². The molecular weight excluding hydrogens is 298 g/mol. The maximum absolute atomic E-state index is 6.47. The minimum Gasteiger partial charge on any atom is -0.353 e. The van der Waals surface area contributed by atoms with Crippen LogP contribution in [0.3, 0.4) is 0 Å². The lowest BCUT2D eigenvalue weighted by atomic mass is 10.2. The third-order valence-electron chi connectivity index (χ3n) is 3.92. The third kappa shape index (κ3) is 2.32. The van der Waals surface area contributed by atoms with Gasteiger partial charge in [-0.05, 0) is 18.2 Å². The summed E-state index contributed by atoms with van der Waals surface area (Å²) in [7, 11) is 0. The average Bonchev–Trinajstić information content (AvgIpc) is 2.73. The zero-order valence-electron chi connectivity index (χ0n) is 12.0. The van der Waals surface area contributed by atoms with Gasteiger partial charge in [0.2, 0.25) is 0 Å². The molecule has 0 radical (unpaired) electrons. The number of nitrogens with one attached hydrogen (secondary N) is 2. The highest BCUT2D eigenvalue weighted by molar-refractivity contribution is 6.35. The molecule has 0 amide bonds. The summed E-state index contributed by atoms with van der Waals surface area (Å²) in [6.07, 6.45) is 1.72. The number of rotatable bonds is 0. The van der Waals surface area contributed by atoms with Gasteiger partial charge >= 0.3 is 0 Å². The van der Waals surface area contributed by atoms with E-state index in [9.17, 15) is 0 Å². The van der Waals surface area contributed by atoms with Gasteiger partial charge in [-0.2, -0.15) is 0 Å². The smallest absolute Gasteiger partial charge is 0.142 e. The Morgan fingerprint density at radius 3 is 2.77 bits per heavy atom. The van der Waals surface area contributed by atoms with E-state index in [1.807, 2.05) is 30.3 Å². The summed E-state index contributed by atoms with van der Waals surface area (Å²) >= 11 is 6.47. The van der Waals surface area contributed by atoms with Crippen LogP contribution in [0.1, 0.15) is 5.56 Å². The molecule has 0 aliphatic carbocycles. The number of aromatic nitrogens is 1. The van der Waals surface area contributed by atoms with Gasteiger partial charge in [0.25, 0.3) is 0 Å². The van der Waals surface area contributed by atoms with Crippen molar-refractivity contribution in [3.8, 4) is 0 Å². The molecule has 2 aromatic rings. The first-order valence-corrected chi connectivity index (χ1v) is 7.76. The lowest BCUT2D eigenvalue weighted by Gasteiger charge is -2.30. The molecule has 0 saturated carbocycles. The lowest BCUT2D eigenvalue weighted by Crippen LogP contribution is -2.46. The quantitative estimate of drug-likeness (QED) is 0.785. The Kier molecular flexibility index (Phi) is 3.44. The van der Waals surface area contributed by atoms with Crippen LogP contribution in [0.2, 0.25) is 5.02 Å². The van der Waals surface area contributed by atoms with Gasteiger partial charge in [-0.25, -0.2) is 9.98 Å². The molecular formula is C16H16ClN5. The van der Waals surface area contributed by atoms with Crippen molar-refractivity contribution in [3.05, 3.63) is 47.1 Å². The normalized spacial score (nSPS) is 17.0. The van der Waals surface area contributed by atoms with Gasteiger partial charge in [0, 0.05) is 32.4 Å². The first-order chi connectivity index (χ1) is 10.8. The van der Waals surface area contributed by atoms with E-state index in [4.69, 9.17) is 16.6 Å². The first-order valence-electron chi connectivity index (χ1n) is 7.38. The monoisotopic (exact) mass is 313 g/mol. The number of fused-ring (bicyclic) bond motifs is 2. The molecule has 1 fully saturated rings. The number of hydrogen-bond donors (Lipinski definition) is 2. The van der Waals surface area contributed by atoms with E-state index < -0.39 is 0 Å². The molecule has 3 heterocycles. The van der Waals surface area contributed by atoms with Gasteiger partial charge in [0.15, 0.2) is 0 Å². The molecule has 0 spiro atoms. The van der Waals surface area contributed by atoms with E-state index in [0.29, 0.717) is 5.02 Å². The molecule has 112 valence electrons. The van der Waals surface area contributed by atoms with Crippen LogP contribution >= 0.6 is 11.6 Å². The summed E-state index contributed by atoms with van der Waals surface area (Å²) in [6.45, 7) is 3.71. The summed E-state index contributed by atoms with van der Waals surface area (Å²) in [5.41, 5.74) is 2.73. The summed E-state index contributed by atoms with van der Waals surface area (Å²) in [4.78, 5) is 11.6. The predicted molar refractivity (Wildman–Crippen MR) is 89.6 cm³/mol. The van der Waals surface area contributed by atoms with Crippen LogP contribution in [0.5, 0.6) is 0 Å². The van der Waals surface area contributed by atoms with Crippen molar-refractivity contribution in [3.63, 3.8) is 0 Å². The molecule has 1 aromatic carbocycles. The fourth-order valence-electron chi connectivity index (χ4n) is 2.83. The SMILES string of the molecule is Clc1ccnc2c1C(N1CCNCC1)=Nc1ccccc1N2. The van der Waals surface area contributed by atoms with Gasteiger partial charge in [-0.15, -0.1) is 0 Å². The maximum Gasteiger partial charge on any atom is 0.142 e. The Morgan fingerprint density at radius 2 is 1.91 bits per heavy atom. The number of para-hydroxylation sites is 2. The second kappa shape index (κ2) is 5.59. The topological polar surface area (TPSA) is 52.6 Å². The Morgan fingerprint density at radius 1 is 1.09 bits per heavy atom. The number of pyridine rings is 1. The highest BCUT2D eigenvalue weighted by Crippen LogP contribution is 2.36. The molecule has 22 heavy (non-hydrogen) atoms. The average molecular weight is 314 g/mol. The number of amidine groups is 1. The summed E-state index contributed by atoms with van der Waals surface area (Å²) in [6, 6.07) is 9.80. The van der Waals surface area contributed by atoms with E-state index in [-0.39, 0.29) is 0 Å².